The van der Waals surface area contributed by atoms with Crippen molar-refractivity contribution in [1.29, 1.82) is 0 Å². The van der Waals surface area contributed by atoms with Gasteiger partial charge in [0.1, 0.15) is 6.61 Å². The minimum Gasteiger partial charge on any atom is -0.384 e. The lowest BCUT2D eigenvalue weighted by Crippen LogP contribution is -2.29. The summed E-state index contributed by atoms with van der Waals surface area (Å²) in [5.74, 6) is 5.77. The molecule has 1 N–H and O–H groups in total. The number of nitrogens with zero attached hydrogens (tertiary/aromatic N) is 1. The lowest BCUT2D eigenvalue weighted by Gasteiger charge is -2.25. The van der Waals surface area contributed by atoms with E-state index in [1.54, 1.807) is 22.7 Å². The van der Waals surface area contributed by atoms with Crippen molar-refractivity contribution in [3.63, 3.8) is 0 Å². The third-order valence-electron chi connectivity index (χ3n) is 3.06. The van der Waals surface area contributed by atoms with Crippen LogP contribution in [0.15, 0.2) is 29.0 Å². The molecule has 0 aliphatic carbocycles. The molecule has 0 unspecified atom stereocenters. The molecule has 2 nitrogen and oxygen atoms in total. The Labute approximate surface area is 128 Å². The zero-order valence-corrected chi connectivity index (χ0v) is 13.4. The molecule has 0 saturated heterocycles. The number of aliphatic hydroxyl groups is 1. The lowest BCUT2D eigenvalue weighted by atomic mass is 10.2. The predicted molar refractivity (Wildman–Crippen MR) is 87.0 cm³/mol. The van der Waals surface area contributed by atoms with Crippen molar-refractivity contribution in [2.45, 2.75) is 33.0 Å². The van der Waals surface area contributed by atoms with E-state index in [0.29, 0.717) is 6.04 Å². The third-order valence-corrected chi connectivity index (χ3v) is 4.83. The van der Waals surface area contributed by atoms with Crippen LogP contribution in [-0.4, -0.2) is 22.7 Å². The number of thiophene rings is 2. The molecule has 0 amide bonds. The highest BCUT2D eigenvalue weighted by Crippen LogP contribution is 2.22. The molecule has 2 rings (SSSR count). The summed E-state index contributed by atoms with van der Waals surface area (Å²) in [7, 11) is 0. The molecule has 0 radical (unpaired) electrons. The highest BCUT2D eigenvalue weighted by Gasteiger charge is 2.14. The molecule has 0 atom stereocenters. The van der Waals surface area contributed by atoms with E-state index in [4.69, 9.17) is 5.11 Å². The molecular formula is C16H19NOS2. The quantitative estimate of drug-likeness (QED) is 0.854. The molecule has 0 bridgehead atoms. The Hall–Kier alpha value is -1.12. The van der Waals surface area contributed by atoms with Gasteiger partial charge in [-0.15, -0.1) is 22.7 Å². The molecule has 2 heterocycles. The Morgan fingerprint density at radius 3 is 2.70 bits per heavy atom. The van der Waals surface area contributed by atoms with Gasteiger partial charge in [0.2, 0.25) is 0 Å². The number of hydrogen-bond acceptors (Lipinski definition) is 4. The summed E-state index contributed by atoms with van der Waals surface area (Å²) in [6.45, 7) is 6.24. The predicted octanol–water partition coefficient (Wildman–Crippen LogP) is 3.56. The van der Waals surface area contributed by atoms with Gasteiger partial charge in [-0.05, 0) is 36.7 Å². The van der Waals surface area contributed by atoms with E-state index in [9.17, 15) is 0 Å². The van der Waals surface area contributed by atoms with Crippen LogP contribution < -0.4 is 0 Å². The van der Waals surface area contributed by atoms with Gasteiger partial charge in [0, 0.05) is 34.4 Å². The van der Waals surface area contributed by atoms with E-state index < -0.39 is 0 Å². The first kappa shape index (κ1) is 15.3. The monoisotopic (exact) mass is 305 g/mol. The first-order valence-corrected chi connectivity index (χ1v) is 8.39. The van der Waals surface area contributed by atoms with Gasteiger partial charge in [-0.25, -0.2) is 0 Å². The lowest BCUT2D eigenvalue weighted by molar-refractivity contribution is 0.207. The second kappa shape index (κ2) is 7.61. The van der Waals surface area contributed by atoms with Gasteiger partial charge in [-0.3, -0.25) is 4.90 Å². The van der Waals surface area contributed by atoms with E-state index in [-0.39, 0.29) is 6.61 Å². The largest absolute Gasteiger partial charge is 0.384 e. The van der Waals surface area contributed by atoms with Crippen molar-refractivity contribution in [3.05, 3.63) is 44.3 Å². The van der Waals surface area contributed by atoms with Crippen LogP contribution >= 0.6 is 22.7 Å². The fraction of sp³-hybridized carbons (Fsp3) is 0.375. The highest BCUT2D eigenvalue weighted by atomic mass is 32.1. The SMILES string of the molecule is CC(C)N(Cc1cccs1)Cc1sccc1C#CCO. The molecule has 0 saturated carbocycles. The van der Waals surface area contributed by atoms with Gasteiger partial charge in [0.15, 0.2) is 0 Å². The van der Waals surface area contributed by atoms with Crippen molar-refractivity contribution in [3.8, 4) is 11.8 Å². The van der Waals surface area contributed by atoms with Crippen LogP contribution in [-0.2, 0) is 13.1 Å². The summed E-state index contributed by atoms with van der Waals surface area (Å²) < 4.78 is 0. The molecule has 2 aromatic heterocycles. The molecule has 4 heteroatoms. The standard InChI is InChI=1S/C16H19NOS2/c1-13(2)17(11-15-6-4-9-19-15)12-16-14(5-3-8-18)7-10-20-16/h4,6-7,9-10,13,18H,8,11-12H2,1-2H3. The molecular weight excluding hydrogens is 286 g/mol. The average molecular weight is 305 g/mol. The van der Waals surface area contributed by atoms with Crippen LogP contribution in [0.5, 0.6) is 0 Å². The third kappa shape index (κ3) is 4.19. The second-order valence-corrected chi connectivity index (χ2v) is 6.83. The average Bonchev–Trinajstić information content (AvgIpc) is 3.07. The van der Waals surface area contributed by atoms with Crippen LogP contribution in [0.25, 0.3) is 0 Å². The number of hydrogen-bond donors (Lipinski definition) is 1. The molecule has 0 aromatic carbocycles. The van der Waals surface area contributed by atoms with Crippen LogP contribution in [0, 0.1) is 11.8 Å². The second-order valence-electron chi connectivity index (χ2n) is 4.80. The van der Waals surface area contributed by atoms with Gasteiger partial charge < -0.3 is 5.11 Å². The Morgan fingerprint density at radius 2 is 2.05 bits per heavy atom. The van der Waals surface area contributed by atoms with Crippen molar-refractivity contribution >= 4 is 22.7 Å². The first-order valence-electron chi connectivity index (χ1n) is 6.63. The van der Waals surface area contributed by atoms with Crippen molar-refractivity contribution < 1.29 is 5.11 Å². The van der Waals surface area contributed by atoms with Gasteiger partial charge in [0.05, 0.1) is 0 Å². The molecule has 0 aliphatic rings. The van der Waals surface area contributed by atoms with Crippen LogP contribution in [0.3, 0.4) is 0 Å². The van der Waals surface area contributed by atoms with Crippen molar-refractivity contribution in [1.82, 2.24) is 4.90 Å². The van der Waals surface area contributed by atoms with E-state index in [0.717, 1.165) is 18.7 Å². The van der Waals surface area contributed by atoms with Crippen molar-refractivity contribution in [2.75, 3.05) is 6.61 Å². The Morgan fingerprint density at radius 1 is 1.20 bits per heavy atom. The molecule has 0 spiro atoms. The minimum atomic E-state index is -0.0849. The normalized spacial score (nSPS) is 10.8. The Bertz CT molecular complexity index is 575. The maximum atomic E-state index is 8.82. The topological polar surface area (TPSA) is 23.5 Å². The molecule has 0 fully saturated rings. The van der Waals surface area contributed by atoms with Crippen LogP contribution in [0.4, 0.5) is 0 Å². The molecule has 0 aliphatic heterocycles. The zero-order valence-electron chi connectivity index (χ0n) is 11.8. The van der Waals surface area contributed by atoms with Crippen LogP contribution in [0.1, 0.15) is 29.2 Å². The zero-order chi connectivity index (χ0) is 14.4. The van der Waals surface area contributed by atoms with Gasteiger partial charge >= 0.3 is 0 Å². The molecule has 106 valence electrons. The van der Waals surface area contributed by atoms with Gasteiger partial charge in [-0.2, -0.15) is 0 Å². The van der Waals surface area contributed by atoms with Crippen LogP contribution in [0.2, 0.25) is 0 Å². The van der Waals surface area contributed by atoms with E-state index >= 15 is 0 Å². The Balaban J connectivity index is 2.10. The fourth-order valence-electron chi connectivity index (χ4n) is 1.92. The number of aliphatic hydroxyl groups excluding tert-OH is 1. The number of rotatable bonds is 5. The van der Waals surface area contributed by atoms with Crippen molar-refractivity contribution in [2.24, 2.45) is 0 Å². The fourth-order valence-corrected chi connectivity index (χ4v) is 3.50. The molecule has 20 heavy (non-hydrogen) atoms. The summed E-state index contributed by atoms with van der Waals surface area (Å²) in [6.07, 6.45) is 0. The summed E-state index contributed by atoms with van der Waals surface area (Å²) >= 11 is 3.54. The smallest absolute Gasteiger partial charge is 0.104 e. The van der Waals surface area contributed by atoms with E-state index in [2.05, 4.69) is 53.5 Å². The van der Waals surface area contributed by atoms with Gasteiger partial charge in [-0.1, -0.05) is 17.9 Å². The first-order chi connectivity index (χ1) is 9.70. The maximum Gasteiger partial charge on any atom is 0.104 e. The van der Waals surface area contributed by atoms with E-state index in [1.165, 1.54) is 9.75 Å². The maximum absolute atomic E-state index is 8.82. The Kier molecular flexibility index (Phi) is 5.81. The van der Waals surface area contributed by atoms with Gasteiger partial charge in [0.25, 0.3) is 0 Å². The van der Waals surface area contributed by atoms with E-state index in [1.807, 2.05) is 6.07 Å². The highest BCUT2D eigenvalue weighted by molar-refractivity contribution is 7.10. The molecule has 2 aromatic rings. The summed E-state index contributed by atoms with van der Waals surface area (Å²) in [6, 6.07) is 6.80. The summed E-state index contributed by atoms with van der Waals surface area (Å²) in [5, 5.41) is 13.0. The summed E-state index contributed by atoms with van der Waals surface area (Å²) in [5.41, 5.74) is 1.04. The summed E-state index contributed by atoms with van der Waals surface area (Å²) in [4.78, 5) is 5.11. The minimum absolute atomic E-state index is 0.0849.